The van der Waals surface area contributed by atoms with Crippen molar-refractivity contribution in [1.29, 1.82) is 0 Å². The predicted octanol–water partition coefficient (Wildman–Crippen LogP) is 3.09. The highest BCUT2D eigenvalue weighted by Crippen LogP contribution is 2.30. The standard InChI is InChI=1S/C15H15NO2S2/c1-18-11-10-16-14(17)13(20-15(16)19)9-5-8-12-6-3-2-4-7-12/h2-9H,10-11H2,1H3/b8-5+,13-9-. The third kappa shape index (κ3) is 3.79. The number of allylic oxidation sites excluding steroid dienone is 2. The number of carbonyl (C=O) groups excluding carboxylic acids is 1. The van der Waals surface area contributed by atoms with Crippen molar-refractivity contribution in [3.63, 3.8) is 0 Å². The highest BCUT2D eigenvalue weighted by atomic mass is 32.2. The number of thiocarbonyl (C=S) groups is 1. The van der Waals surface area contributed by atoms with Gasteiger partial charge in [-0.2, -0.15) is 0 Å². The molecule has 1 aromatic carbocycles. The van der Waals surface area contributed by atoms with E-state index >= 15 is 0 Å². The Balaban J connectivity index is 2.03. The Morgan fingerprint density at radius 2 is 2.10 bits per heavy atom. The number of carbonyl (C=O) groups is 1. The lowest BCUT2D eigenvalue weighted by Crippen LogP contribution is -2.31. The number of ether oxygens (including phenoxy) is 1. The van der Waals surface area contributed by atoms with Gasteiger partial charge in [0.2, 0.25) is 0 Å². The van der Waals surface area contributed by atoms with Gasteiger partial charge in [0.15, 0.2) is 0 Å². The van der Waals surface area contributed by atoms with E-state index in [0.29, 0.717) is 22.4 Å². The molecule has 0 unspecified atom stereocenters. The van der Waals surface area contributed by atoms with Crippen LogP contribution in [-0.2, 0) is 9.53 Å². The van der Waals surface area contributed by atoms with E-state index in [-0.39, 0.29) is 5.91 Å². The summed E-state index contributed by atoms with van der Waals surface area (Å²) in [6.07, 6.45) is 5.64. The molecule has 5 heteroatoms. The summed E-state index contributed by atoms with van der Waals surface area (Å²) in [5.41, 5.74) is 1.10. The molecular formula is C15H15NO2S2. The van der Waals surface area contributed by atoms with Crippen LogP contribution in [-0.4, -0.2) is 35.4 Å². The molecule has 2 rings (SSSR count). The minimum absolute atomic E-state index is 0.0465. The number of rotatable bonds is 5. The second-order valence-corrected chi connectivity index (χ2v) is 5.79. The van der Waals surface area contributed by atoms with E-state index in [1.807, 2.05) is 42.5 Å². The Hall–Kier alpha value is -1.43. The zero-order chi connectivity index (χ0) is 14.4. The second kappa shape index (κ2) is 7.38. The number of nitrogens with zero attached hydrogens (tertiary/aromatic N) is 1. The molecule has 20 heavy (non-hydrogen) atoms. The molecule has 0 bridgehead atoms. The largest absolute Gasteiger partial charge is 0.383 e. The number of amides is 1. The van der Waals surface area contributed by atoms with Crippen molar-refractivity contribution in [1.82, 2.24) is 4.90 Å². The van der Waals surface area contributed by atoms with E-state index in [1.54, 1.807) is 18.1 Å². The van der Waals surface area contributed by atoms with Gasteiger partial charge in [0.25, 0.3) is 5.91 Å². The molecule has 3 nitrogen and oxygen atoms in total. The number of benzene rings is 1. The van der Waals surface area contributed by atoms with Crippen LogP contribution in [0.25, 0.3) is 6.08 Å². The molecule has 0 spiro atoms. The molecule has 104 valence electrons. The monoisotopic (exact) mass is 305 g/mol. The molecule has 1 aliphatic rings. The zero-order valence-electron chi connectivity index (χ0n) is 11.1. The summed E-state index contributed by atoms with van der Waals surface area (Å²) in [4.78, 5) is 14.4. The van der Waals surface area contributed by atoms with Gasteiger partial charge in [-0.05, 0) is 11.6 Å². The van der Waals surface area contributed by atoms with Crippen molar-refractivity contribution in [2.24, 2.45) is 0 Å². The molecule has 0 N–H and O–H groups in total. The summed E-state index contributed by atoms with van der Waals surface area (Å²) < 4.78 is 5.57. The van der Waals surface area contributed by atoms with E-state index in [4.69, 9.17) is 17.0 Å². The Labute approximate surface area is 128 Å². The summed E-state index contributed by atoms with van der Waals surface area (Å²) in [6.45, 7) is 0.987. The van der Waals surface area contributed by atoms with E-state index < -0.39 is 0 Å². The van der Waals surface area contributed by atoms with Crippen LogP contribution in [0.2, 0.25) is 0 Å². The first-order chi connectivity index (χ1) is 9.72. The van der Waals surface area contributed by atoms with Crippen molar-refractivity contribution in [2.45, 2.75) is 0 Å². The van der Waals surface area contributed by atoms with Gasteiger partial charge in [-0.3, -0.25) is 9.69 Å². The van der Waals surface area contributed by atoms with Crippen molar-refractivity contribution in [2.75, 3.05) is 20.3 Å². The van der Waals surface area contributed by atoms with Gasteiger partial charge in [0.1, 0.15) is 4.32 Å². The van der Waals surface area contributed by atoms with Gasteiger partial charge in [-0.25, -0.2) is 0 Å². The fourth-order valence-electron chi connectivity index (χ4n) is 1.70. The Morgan fingerprint density at radius 3 is 2.80 bits per heavy atom. The molecule has 1 amide bonds. The van der Waals surface area contributed by atoms with Gasteiger partial charge in [-0.1, -0.05) is 66.5 Å². The number of methoxy groups -OCH3 is 1. The average molecular weight is 305 g/mol. The van der Waals surface area contributed by atoms with Gasteiger partial charge in [0, 0.05) is 7.11 Å². The van der Waals surface area contributed by atoms with E-state index in [0.717, 1.165) is 5.56 Å². The first-order valence-electron chi connectivity index (χ1n) is 6.18. The van der Waals surface area contributed by atoms with Crippen LogP contribution in [0.4, 0.5) is 0 Å². The molecule has 1 saturated heterocycles. The van der Waals surface area contributed by atoms with Crippen LogP contribution in [0.15, 0.2) is 47.4 Å². The molecule has 0 atom stereocenters. The summed E-state index contributed by atoms with van der Waals surface area (Å²) in [6, 6.07) is 9.94. The van der Waals surface area contributed by atoms with E-state index in [9.17, 15) is 4.79 Å². The Bertz CT molecular complexity index is 552. The lowest BCUT2D eigenvalue weighted by molar-refractivity contribution is -0.122. The smallest absolute Gasteiger partial charge is 0.266 e. The molecular weight excluding hydrogens is 290 g/mol. The minimum Gasteiger partial charge on any atom is -0.383 e. The van der Waals surface area contributed by atoms with Crippen LogP contribution in [0.5, 0.6) is 0 Å². The Morgan fingerprint density at radius 1 is 1.35 bits per heavy atom. The average Bonchev–Trinajstić information content (AvgIpc) is 2.73. The fourth-order valence-corrected chi connectivity index (χ4v) is 2.96. The summed E-state index contributed by atoms with van der Waals surface area (Å²) >= 11 is 6.53. The molecule has 1 fully saturated rings. The maximum atomic E-state index is 12.1. The van der Waals surface area contributed by atoms with Crippen molar-refractivity contribution in [3.8, 4) is 0 Å². The second-order valence-electron chi connectivity index (χ2n) is 4.12. The zero-order valence-corrected chi connectivity index (χ0v) is 12.7. The molecule has 0 aliphatic carbocycles. The molecule has 0 aromatic heterocycles. The van der Waals surface area contributed by atoms with Crippen molar-refractivity contribution >= 4 is 40.3 Å². The number of hydrogen-bond donors (Lipinski definition) is 0. The maximum Gasteiger partial charge on any atom is 0.266 e. The van der Waals surface area contributed by atoms with Gasteiger partial charge in [0.05, 0.1) is 18.1 Å². The third-order valence-electron chi connectivity index (χ3n) is 2.73. The van der Waals surface area contributed by atoms with Gasteiger partial charge in [-0.15, -0.1) is 0 Å². The minimum atomic E-state index is -0.0465. The van der Waals surface area contributed by atoms with E-state index in [1.165, 1.54) is 11.8 Å². The van der Waals surface area contributed by atoms with Crippen LogP contribution in [0, 0.1) is 0 Å². The summed E-state index contributed by atoms with van der Waals surface area (Å²) in [5.74, 6) is -0.0465. The lowest BCUT2D eigenvalue weighted by Gasteiger charge is -2.12. The van der Waals surface area contributed by atoms with Gasteiger partial charge < -0.3 is 4.74 Å². The highest BCUT2D eigenvalue weighted by molar-refractivity contribution is 8.26. The first-order valence-corrected chi connectivity index (χ1v) is 7.41. The highest BCUT2D eigenvalue weighted by Gasteiger charge is 2.30. The summed E-state index contributed by atoms with van der Waals surface area (Å²) in [5, 5.41) is 0. The lowest BCUT2D eigenvalue weighted by atomic mass is 10.2. The predicted molar refractivity (Wildman–Crippen MR) is 87.3 cm³/mol. The van der Waals surface area contributed by atoms with E-state index in [2.05, 4.69) is 0 Å². The van der Waals surface area contributed by atoms with Crippen molar-refractivity contribution in [3.05, 3.63) is 53.0 Å². The van der Waals surface area contributed by atoms with Gasteiger partial charge >= 0.3 is 0 Å². The van der Waals surface area contributed by atoms with Crippen LogP contribution >= 0.6 is 24.0 Å². The molecule has 1 aliphatic heterocycles. The topological polar surface area (TPSA) is 29.5 Å². The van der Waals surface area contributed by atoms with Crippen molar-refractivity contribution < 1.29 is 9.53 Å². The first kappa shape index (κ1) is 15.0. The van der Waals surface area contributed by atoms with Crippen LogP contribution < -0.4 is 0 Å². The third-order valence-corrected chi connectivity index (χ3v) is 4.12. The number of thioether (sulfide) groups is 1. The molecule has 1 aromatic rings. The quantitative estimate of drug-likeness (QED) is 0.617. The molecule has 0 saturated carbocycles. The number of hydrogen-bond acceptors (Lipinski definition) is 4. The van der Waals surface area contributed by atoms with Crippen LogP contribution in [0.3, 0.4) is 0 Å². The molecule has 0 radical (unpaired) electrons. The normalized spacial score (nSPS) is 17.6. The van der Waals surface area contributed by atoms with Crippen LogP contribution in [0.1, 0.15) is 5.56 Å². The molecule has 1 heterocycles. The Kier molecular flexibility index (Phi) is 5.52. The SMILES string of the molecule is COCCN1C(=O)/C(=C/C=C/c2ccccc2)SC1=S. The summed E-state index contributed by atoms with van der Waals surface area (Å²) in [7, 11) is 1.61. The fraction of sp³-hybridized carbons (Fsp3) is 0.200. The maximum absolute atomic E-state index is 12.1.